The molecule has 1 aromatic rings. The summed E-state index contributed by atoms with van der Waals surface area (Å²) < 4.78 is 6.96. The molecule has 1 aliphatic rings. The zero-order chi connectivity index (χ0) is 12.4. The molecule has 7 nitrogen and oxygen atoms in total. The Balaban J connectivity index is 2.06. The van der Waals surface area contributed by atoms with E-state index in [1.54, 1.807) is 7.05 Å². The summed E-state index contributed by atoms with van der Waals surface area (Å²) in [7, 11) is 1.65. The van der Waals surface area contributed by atoms with Gasteiger partial charge in [0.1, 0.15) is 6.10 Å². The molecule has 17 heavy (non-hydrogen) atoms. The normalized spacial score (nSPS) is 21.6. The van der Waals surface area contributed by atoms with Crippen LogP contribution in [0.25, 0.3) is 0 Å². The van der Waals surface area contributed by atoms with E-state index >= 15 is 0 Å². The van der Waals surface area contributed by atoms with Crippen LogP contribution in [0.2, 0.25) is 0 Å². The molecule has 0 saturated carbocycles. The highest BCUT2D eigenvalue weighted by Gasteiger charge is 2.24. The van der Waals surface area contributed by atoms with E-state index in [0.717, 1.165) is 5.69 Å². The molecule has 0 aromatic carbocycles. The summed E-state index contributed by atoms with van der Waals surface area (Å²) in [5.74, 6) is -0.354. The van der Waals surface area contributed by atoms with Crippen LogP contribution >= 0.6 is 0 Å². The SMILES string of the molecule is Cn1[nH]c(C2CN(CC(N)=O)CCO2)cc1=O. The van der Waals surface area contributed by atoms with Gasteiger partial charge >= 0.3 is 0 Å². The monoisotopic (exact) mass is 240 g/mol. The molecule has 0 spiro atoms. The van der Waals surface area contributed by atoms with Crippen LogP contribution in [-0.4, -0.2) is 46.8 Å². The standard InChI is InChI=1S/C10H16N4O3/c1-13-10(16)4-7(12-13)8-5-14(2-3-17-8)6-9(11)15/h4,8,12H,2-3,5-6H2,1H3,(H2,11,15). The number of nitrogens with two attached hydrogens (primary N) is 1. The highest BCUT2D eigenvalue weighted by atomic mass is 16.5. The van der Waals surface area contributed by atoms with Gasteiger partial charge in [0, 0.05) is 26.2 Å². The number of hydrogen-bond acceptors (Lipinski definition) is 4. The van der Waals surface area contributed by atoms with Crippen LogP contribution in [0.1, 0.15) is 11.8 Å². The van der Waals surface area contributed by atoms with Crippen molar-refractivity contribution in [2.75, 3.05) is 26.2 Å². The van der Waals surface area contributed by atoms with Crippen molar-refractivity contribution in [3.05, 3.63) is 22.1 Å². The average Bonchev–Trinajstić information content (AvgIpc) is 2.59. The molecule has 1 aliphatic heterocycles. The summed E-state index contributed by atoms with van der Waals surface area (Å²) in [6.07, 6.45) is -0.211. The fraction of sp³-hybridized carbons (Fsp3) is 0.600. The third-order valence-corrected chi connectivity index (χ3v) is 2.78. The minimum atomic E-state index is -0.354. The maximum atomic E-state index is 11.3. The number of amides is 1. The van der Waals surface area contributed by atoms with Gasteiger partial charge in [-0.3, -0.25) is 24.3 Å². The number of aromatic nitrogens is 2. The van der Waals surface area contributed by atoms with E-state index in [1.165, 1.54) is 10.7 Å². The van der Waals surface area contributed by atoms with Crippen LogP contribution in [0.4, 0.5) is 0 Å². The highest BCUT2D eigenvalue weighted by Crippen LogP contribution is 2.18. The number of primary amides is 1. The molecule has 7 heteroatoms. The molecule has 2 rings (SSSR count). The molecule has 94 valence electrons. The van der Waals surface area contributed by atoms with Gasteiger partial charge < -0.3 is 10.5 Å². The van der Waals surface area contributed by atoms with E-state index in [9.17, 15) is 9.59 Å². The van der Waals surface area contributed by atoms with Gasteiger partial charge in [-0.15, -0.1) is 0 Å². The lowest BCUT2D eigenvalue weighted by molar-refractivity contribution is -0.121. The second kappa shape index (κ2) is 4.72. The number of carbonyl (C=O) groups is 1. The molecule has 0 radical (unpaired) electrons. The van der Waals surface area contributed by atoms with Gasteiger partial charge in [-0.25, -0.2) is 0 Å². The summed E-state index contributed by atoms with van der Waals surface area (Å²) >= 11 is 0. The van der Waals surface area contributed by atoms with Gasteiger partial charge in [-0.2, -0.15) is 0 Å². The topological polar surface area (TPSA) is 93.4 Å². The number of morpholine rings is 1. The second-order valence-electron chi connectivity index (χ2n) is 4.17. The van der Waals surface area contributed by atoms with Gasteiger partial charge in [-0.05, 0) is 0 Å². The summed E-state index contributed by atoms with van der Waals surface area (Å²) in [6, 6.07) is 1.51. The van der Waals surface area contributed by atoms with Crippen LogP contribution in [0, 0.1) is 0 Å². The third kappa shape index (κ3) is 2.75. The highest BCUT2D eigenvalue weighted by molar-refractivity contribution is 5.75. The first-order valence-electron chi connectivity index (χ1n) is 5.44. The molecule has 0 aliphatic carbocycles. The van der Waals surface area contributed by atoms with Crippen molar-refractivity contribution in [1.29, 1.82) is 0 Å². The molecule has 3 N–H and O–H groups in total. The minimum absolute atomic E-state index is 0.101. The van der Waals surface area contributed by atoms with E-state index in [1.807, 2.05) is 4.90 Å². The van der Waals surface area contributed by atoms with E-state index < -0.39 is 0 Å². The number of hydrogen-bond donors (Lipinski definition) is 2. The number of aryl methyl sites for hydroxylation is 1. The molecular formula is C10H16N4O3. The predicted molar refractivity (Wildman–Crippen MR) is 60.4 cm³/mol. The van der Waals surface area contributed by atoms with E-state index in [0.29, 0.717) is 19.7 Å². The number of ether oxygens (including phenoxy) is 1. The van der Waals surface area contributed by atoms with Crippen molar-refractivity contribution < 1.29 is 9.53 Å². The van der Waals surface area contributed by atoms with Crippen LogP contribution in [0.5, 0.6) is 0 Å². The van der Waals surface area contributed by atoms with Crippen molar-refractivity contribution in [3.8, 4) is 0 Å². The molecular weight excluding hydrogens is 224 g/mol. The predicted octanol–water partition coefficient (Wildman–Crippen LogP) is -1.43. The molecule has 1 atom stereocenters. The van der Waals surface area contributed by atoms with Crippen molar-refractivity contribution in [1.82, 2.24) is 14.7 Å². The van der Waals surface area contributed by atoms with Crippen LogP contribution in [-0.2, 0) is 16.6 Å². The molecule has 1 unspecified atom stereocenters. The largest absolute Gasteiger partial charge is 0.369 e. The van der Waals surface area contributed by atoms with Gasteiger partial charge in [0.25, 0.3) is 5.56 Å². The smallest absolute Gasteiger partial charge is 0.266 e. The van der Waals surface area contributed by atoms with Gasteiger partial charge in [0.15, 0.2) is 0 Å². The Bertz CT molecular complexity index is 464. The van der Waals surface area contributed by atoms with E-state index in [2.05, 4.69) is 5.10 Å². The molecule has 0 bridgehead atoms. The van der Waals surface area contributed by atoms with Crippen LogP contribution in [0.3, 0.4) is 0 Å². The average molecular weight is 240 g/mol. The number of H-pyrrole nitrogens is 1. The Hall–Kier alpha value is -1.60. The molecule has 1 aromatic heterocycles. The summed E-state index contributed by atoms with van der Waals surface area (Å²) in [6.45, 7) is 1.98. The first-order chi connectivity index (χ1) is 8.06. The molecule has 1 saturated heterocycles. The van der Waals surface area contributed by atoms with Crippen LogP contribution in [0.15, 0.2) is 10.9 Å². The quantitative estimate of drug-likeness (QED) is 0.677. The zero-order valence-electron chi connectivity index (χ0n) is 9.68. The molecule has 1 amide bonds. The van der Waals surface area contributed by atoms with E-state index in [-0.39, 0.29) is 24.1 Å². The first-order valence-corrected chi connectivity index (χ1v) is 5.44. The fourth-order valence-corrected chi connectivity index (χ4v) is 1.93. The number of rotatable bonds is 3. The number of nitrogens with zero attached hydrogens (tertiary/aromatic N) is 2. The summed E-state index contributed by atoms with van der Waals surface area (Å²) in [4.78, 5) is 24.1. The second-order valence-corrected chi connectivity index (χ2v) is 4.17. The summed E-state index contributed by atoms with van der Waals surface area (Å²) in [5, 5.41) is 2.92. The Kier molecular flexibility index (Phi) is 3.30. The van der Waals surface area contributed by atoms with Gasteiger partial charge in [-0.1, -0.05) is 0 Å². The maximum Gasteiger partial charge on any atom is 0.266 e. The lowest BCUT2D eigenvalue weighted by Crippen LogP contribution is -2.43. The third-order valence-electron chi connectivity index (χ3n) is 2.78. The van der Waals surface area contributed by atoms with Crippen molar-refractivity contribution in [2.45, 2.75) is 6.10 Å². The summed E-state index contributed by atoms with van der Waals surface area (Å²) in [5.41, 5.74) is 5.78. The fourth-order valence-electron chi connectivity index (χ4n) is 1.93. The van der Waals surface area contributed by atoms with Crippen molar-refractivity contribution in [2.24, 2.45) is 12.8 Å². The first kappa shape index (κ1) is 11.9. The van der Waals surface area contributed by atoms with Crippen LogP contribution < -0.4 is 11.3 Å². The van der Waals surface area contributed by atoms with Gasteiger partial charge in [0.05, 0.1) is 18.8 Å². The molecule has 2 heterocycles. The number of carbonyl (C=O) groups excluding carboxylic acids is 1. The molecule has 1 fully saturated rings. The Morgan fingerprint density at radius 3 is 3.06 bits per heavy atom. The van der Waals surface area contributed by atoms with Crippen molar-refractivity contribution in [3.63, 3.8) is 0 Å². The lowest BCUT2D eigenvalue weighted by Gasteiger charge is -2.31. The zero-order valence-corrected chi connectivity index (χ0v) is 9.68. The maximum absolute atomic E-state index is 11.3. The Labute approximate surface area is 98.1 Å². The van der Waals surface area contributed by atoms with E-state index in [4.69, 9.17) is 10.5 Å². The van der Waals surface area contributed by atoms with Crippen molar-refractivity contribution >= 4 is 5.91 Å². The number of aromatic amines is 1. The Morgan fingerprint density at radius 2 is 2.47 bits per heavy atom. The van der Waals surface area contributed by atoms with Gasteiger partial charge in [0.2, 0.25) is 5.91 Å². The Morgan fingerprint density at radius 1 is 1.71 bits per heavy atom. The lowest BCUT2D eigenvalue weighted by atomic mass is 10.2. The number of nitrogens with one attached hydrogen (secondary N) is 1. The minimum Gasteiger partial charge on any atom is -0.369 e.